The molecule has 214 valence electrons. The molecule has 1 aromatic heterocycles. The van der Waals surface area contributed by atoms with Gasteiger partial charge in [-0.3, -0.25) is 4.99 Å². The summed E-state index contributed by atoms with van der Waals surface area (Å²) in [5.74, 6) is 0.542. The zero-order chi connectivity index (χ0) is 30.1. The first kappa shape index (κ1) is 30.1. The van der Waals surface area contributed by atoms with E-state index in [4.69, 9.17) is 10.7 Å². The van der Waals surface area contributed by atoms with Crippen molar-refractivity contribution in [3.63, 3.8) is 0 Å². The van der Waals surface area contributed by atoms with Gasteiger partial charge < -0.3 is 15.6 Å². The zero-order valence-electron chi connectivity index (χ0n) is 25.3. The van der Waals surface area contributed by atoms with Crippen molar-refractivity contribution in [3.05, 3.63) is 132 Å². The summed E-state index contributed by atoms with van der Waals surface area (Å²) in [6.45, 7) is 16.5. The second-order valence-corrected chi connectivity index (χ2v) is 9.94. The van der Waals surface area contributed by atoms with E-state index in [-0.39, 0.29) is 6.04 Å². The summed E-state index contributed by atoms with van der Waals surface area (Å²) in [5.41, 5.74) is 11.9. The van der Waals surface area contributed by atoms with Gasteiger partial charge in [-0.25, -0.2) is 0 Å². The molecular formula is C38H42N4. The van der Waals surface area contributed by atoms with Crippen LogP contribution in [0.4, 0.5) is 5.69 Å². The van der Waals surface area contributed by atoms with Crippen LogP contribution in [0.2, 0.25) is 0 Å². The Morgan fingerprint density at radius 3 is 2.60 bits per heavy atom. The Kier molecular flexibility index (Phi) is 10.2. The second-order valence-electron chi connectivity index (χ2n) is 9.94. The van der Waals surface area contributed by atoms with E-state index in [2.05, 4.69) is 116 Å². The van der Waals surface area contributed by atoms with E-state index < -0.39 is 0 Å². The molecule has 1 aliphatic rings. The quantitative estimate of drug-likeness (QED) is 0.124. The minimum absolute atomic E-state index is 0.120. The van der Waals surface area contributed by atoms with Crippen LogP contribution in [0.1, 0.15) is 57.7 Å². The number of hydrogen-bond acceptors (Lipinski definition) is 2. The van der Waals surface area contributed by atoms with Crippen LogP contribution in [-0.4, -0.2) is 10.8 Å². The molecule has 0 radical (unpaired) electrons. The van der Waals surface area contributed by atoms with Crippen molar-refractivity contribution < 1.29 is 0 Å². The van der Waals surface area contributed by atoms with Crippen molar-refractivity contribution in [1.82, 2.24) is 4.98 Å². The molecule has 3 N–H and O–H groups in total. The number of fused-ring (bicyclic) bond motifs is 4. The van der Waals surface area contributed by atoms with Crippen molar-refractivity contribution >= 4 is 51.6 Å². The molecule has 42 heavy (non-hydrogen) atoms. The topological polar surface area (TPSA) is 57.4 Å². The number of rotatable bonds is 9. The van der Waals surface area contributed by atoms with Gasteiger partial charge in [-0.15, -0.1) is 0 Å². The average Bonchev–Trinajstić information content (AvgIpc) is 3.34. The van der Waals surface area contributed by atoms with Crippen molar-refractivity contribution in [2.45, 2.75) is 46.6 Å². The maximum absolute atomic E-state index is 6.26. The molecule has 0 fully saturated rings. The molecule has 1 unspecified atom stereocenters. The summed E-state index contributed by atoms with van der Waals surface area (Å²) in [4.78, 5) is 10.7. The van der Waals surface area contributed by atoms with Crippen LogP contribution in [0, 0.1) is 0 Å². The minimum Gasteiger partial charge on any atom is -0.384 e. The maximum atomic E-state index is 6.26. The predicted octanol–water partition coefficient (Wildman–Crippen LogP) is 8.43. The number of H-pyrrole nitrogens is 1. The Hall–Kier alpha value is -4.83. The van der Waals surface area contributed by atoms with Gasteiger partial charge in [0.05, 0.1) is 22.9 Å². The maximum Gasteiger partial charge on any atom is 0.118 e. The third kappa shape index (κ3) is 6.23. The number of hydrogen-bond donors (Lipinski definition) is 2. The highest BCUT2D eigenvalue weighted by molar-refractivity contribution is 6.08. The smallest absolute Gasteiger partial charge is 0.118 e. The number of anilines is 1. The van der Waals surface area contributed by atoms with Crippen LogP contribution < -0.4 is 21.2 Å². The highest BCUT2D eigenvalue weighted by Crippen LogP contribution is 2.42. The van der Waals surface area contributed by atoms with E-state index in [9.17, 15) is 0 Å². The van der Waals surface area contributed by atoms with Crippen LogP contribution in [0.3, 0.4) is 0 Å². The van der Waals surface area contributed by atoms with Gasteiger partial charge in [0.2, 0.25) is 0 Å². The molecule has 1 aliphatic heterocycles. The van der Waals surface area contributed by atoms with E-state index in [0.29, 0.717) is 5.84 Å². The van der Waals surface area contributed by atoms with E-state index in [1.54, 1.807) is 6.08 Å². The summed E-state index contributed by atoms with van der Waals surface area (Å²) in [6.07, 6.45) is 20.1. The number of unbranched alkanes of at least 4 members (excludes halogenated alkanes) is 1. The Balaban J connectivity index is 0.00000198. The van der Waals surface area contributed by atoms with Crippen LogP contribution in [0.25, 0.3) is 40.0 Å². The van der Waals surface area contributed by atoms with Crippen molar-refractivity contribution in [1.29, 1.82) is 0 Å². The van der Waals surface area contributed by atoms with Gasteiger partial charge in [-0.2, -0.15) is 0 Å². The number of allylic oxidation sites excluding steroid dienone is 6. The van der Waals surface area contributed by atoms with Crippen LogP contribution in [0.15, 0.2) is 115 Å². The Bertz CT molecular complexity index is 1830. The number of nitrogens with zero attached hydrogens (tertiary/aromatic N) is 2. The molecule has 0 amide bonds. The van der Waals surface area contributed by atoms with Gasteiger partial charge in [0.15, 0.2) is 0 Å². The summed E-state index contributed by atoms with van der Waals surface area (Å²) in [5, 5.41) is 5.42. The van der Waals surface area contributed by atoms with E-state index in [1.165, 1.54) is 16.6 Å². The van der Waals surface area contributed by atoms with Gasteiger partial charge in [-0.05, 0) is 60.6 Å². The molecule has 0 bridgehead atoms. The lowest BCUT2D eigenvalue weighted by atomic mass is 9.98. The van der Waals surface area contributed by atoms with Crippen LogP contribution in [0.5, 0.6) is 0 Å². The van der Waals surface area contributed by atoms with Crippen LogP contribution in [-0.2, 0) is 0 Å². The zero-order valence-corrected chi connectivity index (χ0v) is 25.3. The third-order valence-corrected chi connectivity index (χ3v) is 7.20. The van der Waals surface area contributed by atoms with Crippen molar-refractivity contribution in [3.8, 4) is 0 Å². The van der Waals surface area contributed by atoms with E-state index in [0.717, 1.165) is 51.0 Å². The lowest BCUT2D eigenvalue weighted by Crippen LogP contribution is -2.26. The van der Waals surface area contributed by atoms with Crippen molar-refractivity contribution in [2.24, 2.45) is 10.7 Å². The standard InChI is InChI=1S/C36H36N4.C2H6/c1-5-7-9-15-23-40-32-19-14-13-18-29(32)33(40)22-21-31-25(3)35-28-17-12-11-16-27(28)24-30(36(35)39-31)26(4)38-34(37)20-10-8-6-2;1-2/h5,7,9-24,26,39H,1,3,6,8H2,2,4H3,(H2,37,38);1-2H3/b9-7-,20-10-,23-15-,31-21+,33-22-;. The van der Waals surface area contributed by atoms with Crippen LogP contribution >= 0.6 is 0 Å². The molecule has 0 aliphatic carbocycles. The normalized spacial score (nSPS) is 15.5. The van der Waals surface area contributed by atoms with Gasteiger partial charge in [0.25, 0.3) is 0 Å². The second kappa shape index (κ2) is 14.2. The fraction of sp³-hybridized carbons (Fsp3) is 0.184. The lowest BCUT2D eigenvalue weighted by molar-refractivity contribution is 0.826. The molecule has 4 heteroatoms. The minimum atomic E-state index is -0.120. The number of aromatic amines is 1. The van der Waals surface area contributed by atoms with Gasteiger partial charge >= 0.3 is 0 Å². The molecule has 3 aromatic carbocycles. The predicted molar refractivity (Wildman–Crippen MR) is 186 cm³/mol. The first-order chi connectivity index (χ1) is 20.5. The van der Waals surface area contributed by atoms with E-state index in [1.807, 2.05) is 38.2 Å². The Morgan fingerprint density at radius 2 is 1.81 bits per heavy atom. The summed E-state index contributed by atoms with van der Waals surface area (Å²) >= 11 is 0. The number of aromatic nitrogens is 1. The number of nitrogens with one attached hydrogen (secondary N) is 1. The lowest BCUT2D eigenvalue weighted by Gasteiger charge is -2.36. The summed E-state index contributed by atoms with van der Waals surface area (Å²) in [7, 11) is 0. The van der Waals surface area contributed by atoms with Gasteiger partial charge in [0, 0.05) is 33.3 Å². The summed E-state index contributed by atoms with van der Waals surface area (Å²) in [6, 6.07) is 19.0. The monoisotopic (exact) mass is 554 g/mol. The summed E-state index contributed by atoms with van der Waals surface area (Å²) < 4.78 is 0. The van der Waals surface area contributed by atoms with Crippen molar-refractivity contribution in [2.75, 3.05) is 4.90 Å². The van der Waals surface area contributed by atoms with E-state index >= 15 is 0 Å². The fourth-order valence-electron chi connectivity index (χ4n) is 5.22. The number of benzene rings is 3. The third-order valence-electron chi connectivity index (χ3n) is 7.20. The molecular weight excluding hydrogens is 512 g/mol. The molecule has 2 heterocycles. The SMILES string of the molecule is C=C/C=C\C=C/N1/C(=C\C=c2\[nH]c3c(C(C)N=C(N)/C=C\CCC)cc4ccccc4c3c2=C)c2ccccc21.CC. The molecule has 5 rings (SSSR count). The fourth-order valence-corrected chi connectivity index (χ4v) is 5.22. The highest BCUT2D eigenvalue weighted by Gasteiger charge is 2.25. The molecule has 1 atom stereocenters. The Morgan fingerprint density at radius 1 is 1.05 bits per heavy atom. The largest absolute Gasteiger partial charge is 0.384 e. The molecule has 0 saturated carbocycles. The average molecular weight is 555 g/mol. The first-order valence-corrected chi connectivity index (χ1v) is 14.8. The molecule has 4 nitrogen and oxygen atoms in total. The molecule has 0 spiro atoms. The molecule has 4 aromatic rings. The van der Waals surface area contributed by atoms with Gasteiger partial charge in [-0.1, -0.05) is 107 Å². The number of aliphatic imine (C=N–C) groups is 1. The first-order valence-electron chi connectivity index (χ1n) is 14.8. The Labute approximate surface area is 250 Å². The highest BCUT2D eigenvalue weighted by atomic mass is 15.2. The molecule has 0 saturated heterocycles. The number of para-hydroxylation sites is 1. The number of nitrogens with two attached hydrogens (primary N) is 1. The van der Waals surface area contributed by atoms with Gasteiger partial charge in [0.1, 0.15) is 5.84 Å². The number of amidine groups is 1.